The van der Waals surface area contributed by atoms with Crippen LogP contribution in [0.15, 0.2) is 0 Å². The highest BCUT2D eigenvalue weighted by molar-refractivity contribution is 5.68. The Labute approximate surface area is 108 Å². The molecule has 2 fully saturated rings. The molecule has 0 aromatic carbocycles. The highest BCUT2D eigenvalue weighted by Gasteiger charge is 2.33. The van der Waals surface area contributed by atoms with Crippen molar-refractivity contribution in [2.45, 2.75) is 45.4 Å². The van der Waals surface area contributed by atoms with Crippen molar-refractivity contribution in [1.29, 1.82) is 0 Å². The third kappa shape index (κ3) is 4.14. The highest BCUT2D eigenvalue weighted by atomic mass is 16.6. The molecule has 0 spiro atoms. The van der Waals surface area contributed by atoms with E-state index >= 15 is 0 Å². The molecule has 1 saturated heterocycles. The van der Waals surface area contributed by atoms with Crippen molar-refractivity contribution in [3.8, 4) is 0 Å². The van der Waals surface area contributed by atoms with Gasteiger partial charge in [0.1, 0.15) is 5.60 Å². The van der Waals surface area contributed by atoms with Gasteiger partial charge in [0, 0.05) is 0 Å². The first kappa shape index (κ1) is 13.6. The van der Waals surface area contributed by atoms with E-state index in [1.165, 1.54) is 12.8 Å². The lowest BCUT2D eigenvalue weighted by Gasteiger charge is -2.36. The number of nitrogens with zero attached hydrogens (tertiary/aromatic N) is 1. The topological polar surface area (TPSA) is 48.0 Å². The molecular formula is C13H23NO4. The van der Waals surface area contributed by atoms with Gasteiger partial charge in [-0.2, -0.15) is 0 Å². The number of carbonyl (C=O) groups excluding carboxylic acids is 1. The molecule has 1 atom stereocenters. The van der Waals surface area contributed by atoms with Gasteiger partial charge in [-0.1, -0.05) is 0 Å². The summed E-state index contributed by atoms with van der Waals surface area (Å²) >= 11 is 0. The largest absolute Gasteiger partial charge is 0.444 e. The standard InChI is InChI=1S/C13H23NO4/c1-13(2,3)18-12(15)14-6-7-16-9-11(14)17-8-10-4-5-10/h10-11H,4-9H2,1-3H3. The molecule has 2 rings (SSSR count). The minimum absolute atomic E-state index is 0.297. The van der Waals surface area contributed by atoms with Crippen LogP contribution in [0.3, 0.4) is 0 Å². The molecule has 1 amide bonds. The molecule has 1 saturated carbocycles. The molecule has 18 heavy (non-hydrogen) atoms. The van der Waals surface area contributed by atoms with E-state index in [0.29, 0.717) is 32.3 Å². The van der Waals surface area contributed by atoms with Gasteiger partial charge in [0.2, 0.25) is 0 Å². The van der Waals surface area contributed by atoms with Gasteiger partial charge in [0.25, 0.3) is 0 Å². The average Bonchev–Trinajstić information content (AvgIpc) is 3.08. The summed E-state index contributed by atoms with van der Waals surface area (Å²) < 4.78 is 16.5. The summed E-state index contributed by atoms with van der Waals surface area (Å²) in [5.41, 5.74) is -0.476. The van der Waals surface area contributed by atoms with Crippen LogP contribution in [0.4, 0.5) is 4.79 Å². The van der Waals surface area contributed by atoms with Crippen molar-refractivity contribution in [1.82, 2.24) is 4.90 Å². The molecule has 0 N–H and O–H groups in total. The monoisotopic (exact) mass is 257 g/mol. The smallest absolute Gasteiger partial charge is 0.412 e. The first-order valence-electron chi connectivity index (χ1n) is 6.65. The number of amides is 1. The molecule has 1 aliphatic heterocycles. The van der Waals surface area contributed by atoms with Crippen molar-refractivity contribution in [3.63, 3.8) is 0 Å². The predicted molar refractivity (Wildman–Crippen MR) is 66.2 cm³/mol. The van der Waals surface area contributed by atoms with E-state index in [4.69, 9.17) is 14.2 Å². The molecular weight excluding hydrogens is 234 g/mol. The van der Waals surface area contributed by atoms with Crippen LogP contribution in [0, 0.1) is 5.92 Å². The summed E-state index contributed by atoms with van der Waals surface area (Å²) in [6, 6.07) is 0. The minimum Gasteiger partial charge on any atom is -0.444 e. The predicted octanol–water partition coefficient (Wildman–Crippen LogP) is 2.01. The van der Waals surface area contributed by atoms with Crippen LogP contribution in [0.25, 0.3) is 0 Å². The zero-order chi connectivity index (χ0) is 13.2. The molecule has 0 bridgehead atoms. The van der Waals surface area contributed by atoms with Crippen molar-refractivity contribution in [2.24, 2.45) is 5.92 Å². The zero-order valence-corrected chi connectivity index (χ0v) is 11.5. The summed E-state index contributed by atoms with van der Waals surface area (Å²) in [5, 5.41) is 0. The van der Waals surface area contributed by atoms with Crippen molar-refractivity contribution in [2.75, 3.05) is 26.4 Å². The summed E-state index contributed by atoms with van der Waals surface area (Å²) in [4.78, 5) is 13.7. The molecule has 1 aliphatic carbocycles. The Morgan fingerprint density at radius 1 is 1.39 bits per heavy atom. The third-order valence-corrected chi connectivity index (χ3v) is 2.93. The Bertz CT molecular complexity index is 296. The van der Waals surface area contributed by atoms with E-state index in [9.17, 15) is 4.79 Å². The lowest BCUT2D eigenvalue weighted by atomic mass is 10.2. The first-order valence-corrected chi connectivity index (χ1v) is 6.65. The van der Waals surface area contributed by atoms with Crippen LogP contribution in [-0.4, -0.2) is 49.2 Å². The second-order valence-corrected chi connectivity index (χ2v) is 5.98. The van der Waals surface area contributed by atoms with Gasteiger partial charge in [0.15, 0.2) is 6.23 Å². The normalized spacial score (nSPS) is 25.1. The van der Waals surface area contributed by atoms with Gasteiger partial charge >= 0.3 is 6.09 Å². The van der Waals surface area contributed by atoms with Crippen LogP contribution in [0.2, 0.25) is 0 Å². The van der Waals surface area contributed by atoms with E-state index in [0.717, 1.165) is 0 Å². The molecule has 5 nitrogen and oxygen atoms in total. The maximum absolute atomic E-state index is 12.1. The number of carbonyl (C=O) groups is 1. The molecule has 0 aromatic heterocycles. The van der Waals surface area contributed by atoms with Gasteiger partial charge in [-0.05, 0) is 39.5 Å². The zero-order valence-electron chi connectivity index (χ0n) is 11.5. The van der Waals surface area contributed by atoms with Crippen molar-refractivity contribution >= 4 is 6.09 Å². The lowest BCUT2D eigenvalue weighted by molar-refractivity contribution is -0.136. The van der Waals surface area contributed by atoms with Crippen LogP contribution in [0.1, 0.15) is 33.6 Å². The highest BCUT2D eigenvalue weighted by Crippen LogP contribution is 2.29. The van der Waals surface area contributed by atoms with E-state index in [1.807, 2.05) is 20.8 Å². The second-order valence-electron chi connectivity index (χ2n) is 5.98. The van der Waals surface area contributed by atoms with Crippen LogP contribution in [-0.2, 0) is 14.2 Å². The minimum atomic E-state index is -0.476. The summed E-state index contributed by atoms with van der Waals surface area (Å²) in [6.07, 6.45) is 1.86. The Hall–Kier alpha value is -0.810. The molecule has 0 radical (unpaired) electrons. The quantitative estimate of drug-likeness (QED) is 0.776. The number of morpholine rings is 1. The SMILES string of the molecule is CC(C)(C)OC(=O)N1CCOCC1OCC1CC1. The Morgan fingerprint density at radius 3 is 2.72 bits per heavy atom. The summed E-state index contributed by atoms with van der Waals surface area (Å²) in [6.45, 7) is 7.83. The number of hydrogen-bond acceptors (Lipinski definition) is 4. The van der Waals surface area contributed by atoms with Gasteiger partial charge in [0.05, 0.1) is 26.4 Å². The van der Waals surface area contributed by atoms with Crippen LogP contribution < -0.4 is 0 Å². The average molecular weight is 257 g/mol. The molecule has 1 heterocycles. The van der Waals surface area contributed by atoms with Gasteiger partial charge in [-0.3, -0.25) is 4.90 Å². The van der Waals surface area contributed by atoms with E-state index in [1.54, 1.807) is 4.90 Å². The first-order chi connectivity index (χ1) is 8.46. The van der Waals surface area contributed by atoms with E-state index in [2.05, 4.69) is 0 Å². The maximum atomic E-state index is 12.1. The fourth-order valence-corrected chi connectivity index (χ4v) is 1.78. The lowest BCUT2D eigenvalue weighted by Crippen LogP contribution is -2.51. The summed E-state index contributed by atoms with van der Waals surface area (Å²) in [5.74, 6) is 0.674. The second kappa shape index (κ2) is 5.45. The molecule has 0 aromatic rings. The van der Waals surface area contributed by atoms with Gasteiger partial charge in [-0.15, -0.1) is 0 Å². The van der Waals surface area contributed by atoms with Crippen LogP contribution in [0.5, 0.6) is 0 Å². The number of hydrogen-bond donors (Lipinski definition) is 0. The maximum Gasteiger partial charge on any atom is 0.412 e. The fourth-order valence-electron chi connectivity index (χ4n) is 1.78. The van der Waals surface area contributed by atoms with E-state index in [-0.39, 0.29) is 12.3 Å². The molecule has 104 valence electrons. The van der Waals surface area contributed by atoms with Crippen molar-refractivity contribution in [3.05, 3.63) is 0 Å². The van der Waals surface area contributed by atoms with Gasteiger partial charge < -0.3 is 14.2 Å². The fraction of sp³-hybridized carbons (Fsp3) is 0.923. The molecule has 2 aliphatic rings. The third-order valence-electron chi connectivity index (χ3n) is 2.93. The molecule has 1 unspecified atom stereocenters. The van der Waals surface area contributed by atoms with E-state index < -0.39 is 5.60 Å². The Morgan fingerprint density at radius 2 is 2.11 bits per heavy atom. The van der Waals surface area contributed by atoms with Gasteiger partial charge in [-0.25, -0.2) is 4.79 Å². The summed E-state index contributed by atoms with van der Waals surface area (Å²) in [7, 11) is 0. The Balaban J connectivity index is 1.87. The number of ether oxygens (including phenoxy) is 3. The molecule has 5 heteroatoms. The van der Waals surface area contributed by atoms with Crippen LogP contribution >= 0.6 is 0 Å². The Kier molecular flexibility index (Phi) is 4.12. The van der Waals surface area contributed by atoms with Crippen molar-refractivity contribution < 1.29 is 19.0 Å². The number of rotatable bonds is 3.